The molecule has 4 saturated carbocycles. The molecular weight excluding hydrogens is 1050 g/mol. The Morgan fingerprint density at radius 2 is 1.14 bits per heavy atom. The molecule has 0 amide bonds. The van der Waals surface area contributed by atoms with Gasteiger partial charge in [-0.15, -0.1) is 0 Å². The molecule has 0 bridgehead atoms. The van der Waals surface area contributed by atoms with Crippen molar-refractivity contribution >= 4 is 23.9 Å². The molecule has 14 heteroatoms. The van der Waals surface area contributed by atoms with Crippen molar-refractivity contribution in [3.8, 4) is 0 Å². The largest absolute Gasteiger partial charge is 0.460 e. The van der Waals surface area contributed by atoms with Gasteiger partial charge in [-0.05, 0) is 158 Å². The number of benzene rings is 4. The third-order valence-corrected chi connectivity index (χ3v) is 21.7. The number of allylic oxidation sites excluding steroid dienone is 2. The van der Waals surface area contributed by atoms with Gasteiger partial charge in [-0.1, -0.05) is 145 Å². The Morgan fingerprint density at radius 1 is 0.590 bits per heavy atom. The van der Waals surface area contributed by atoms with E-state index in [0.717, 1.165) is 63.4 Å². The summed E-state index contributed by atoms with van der Waals surface area (Å²) in [6.45, 7) is 18.5. The first-order valence-corrected chi connectivity index (χ1v) is 30.2. The van der Waals surface area contributed by atoms with Crippen LogP contribution in [0.25, 0.3) is 0 Å². The standard InChI is InChI=1S/C69H84O14/c1-42-54(80-58(72)44-23-15-10-16-24-44)56(81-59(73)45-25-17-11-18-26-45)57(82-60(74)46-27-19-12-20-28-46)62(78-42)83-55-53(71)49(70)41-76-61(55)79-52-32-33-66(6)50(65(52,4)5)31-34-68(8)51(66)30-29-47-48-39-64(2,3)35-37-69(48,38-36-67(47,68)7)63(75)77-40-43-21-13-9-14-22-43/h9-29,42,48-57,61-62,70-71H,30-41H2,1-8H3/t42?,48?,49?,50?,51?,52-,53?,54?,55?,56?,57?,61?,62?,66-,67+,68+,69-/m0/s1. The second-order valence-electron chi connectivity index (χ2n) is 27.2. The quantitative estimate of drug-likeness (QED) is 0.0558. The highest BCUT2D eigenvalue weighted by molar-refractivity contribution is 5.91. The van der Waals surface area contributed by atoms with Crippen LogP contribution in [0.15, 0.2) is 133 Å². The van der Waals surface area contributed by atoms with E-state index >= 15 is 0 Å². The van der Waals surface area contributed by atoms with Gasteiger partial charge in [0.1, 0.15) is 24.9 Å². The van der Waals surface area contributed by atoms with Crippen LogP contribution in [-0.4, -0.2) is 102 Å². The van der Waals surface area contributed by atoms with E-state index in [0.29, 0.717) is 12.3 Å². The van der Waals surface area contributed by atoms with Gasteiger partial charge in [-0.2, -0.15) is 0 Å². The Hall–Kier alpha value is -5.74. The van der Waals surface area contributed by atoms with Crippen molar-refractivity contribution in [1.29, 1.82) is 0 Å². The molecule has 6 fully saturated rings. The summed E-state index contributed by atoms with van der Waals surface area (Å²) in [6, 6.07) is 34.8. The predicted molar refractivity (Wildman–Crippen MR) is 308 cm³/mol. The second kappa shape index (κ2) is 22.9. The number of rotatable bonds is 13. The van der Waals surface area contributed by atoms with E-state index in [2.05, 4.69) is 54.5 Å². The highest BCUT2D eigenvalue weighted by Gasteiger charge is 2.70. The topological polar surface area (TPSA) is 183 Å². The van der Waals surface area contributed by atoms with Gasteiger partial charge in [-0.25, -0.2) is 14.4 Å². The molecule has 14 nitrogen and oxygen atoms in total. The zero-order chi connectivity index (χ0) is 58.7. The van der Waals surface area contributed by atoms with Crippen LogP contribution in [-0.2, 0) is 49.3 Å². The molecular formula is C69H84O14. The molecule has 444 valence electrons. The average molecular weight is 1140 g/mol. The number of hydrogen-bond donors (Lipinski definition) is 2. The summed E-state index contributed by atoms with van der Waals surface area (Å²) in [4.78, 5) is 56.7. The van der Waals surface area contributed by atoms with Crippen molar-refractivity contribution in [2.75, 3.05) is 6.61 Å². The minimum absolute atomic E-state index is 0.0384. The lowest BCUT2D eigenvalue weighted by Crippen LogP contribution is -2.66. The van der Waals surface area contributed by atoms with Gasteiger partial charge in [0, 0.05) is 0 Å². The smallest absolute Gasteiger partial charge is 0.338 e. The molecule has 83 heavy (non-hydrogen) atoms. The molecule has 4 aromatic carbocycles. The Morgan fingerprint density at radius 3 is 1.75 bits per heavy atom. The number of aliphatic hydroxyl groups excluding tert-OH is 2. The zero-order valence-electron chi connectivity index (χ0n) is 49.4. The number of carbonyl (C=O) groups is 4. The summed E-state index contributed by atoms with van der Waals surface area (Å²) in [5.74, 6) is -1.68. The van der Waals surface area contributed by atoms with Crippen LogP contribution in [0.2, 0.25) is 0 Å². The summed E-state index contributed by atoms with van der Waals surface area (Å²) in [6.07, 6.45) is -1.54. The van der Waals surface area contributed by atoms with E-state index in [1.807, 2.05) is 30.3 Å². The molecule has 0 radical (unpaired) electrons. The Labute approximate surface area is 488 Å². The SMILES string of the molecule is CC1OC(OC2C(O[C@H]3CC[C@@]4(C)C(CC[C@]5(C)C4CC=C4C6CC(C)(C)CC[C@]6(C(=O)OCc6ccccc6)CC[C@]45C)C3(C)C)OCC(O)C2O)C(OC(=O)c2ccccc2)C(OC(=O)c2ccccc2)C1OC(=O)c1ccccc1. The molecule has 2 aliphatic heterocycles. The molecule has 2 N–H and O–H groups in total. The van der Waals surface area contributed by atoms with Crippen molar-refractivity contribution in [3.63, 3.8) is 0 Å². The molecule has 0 aromatic heterocycles. The van der Waals surface area contributed by atoms with Crippen LogP contribution in [0.5, 0.6) is 0 Å². The monoisotopic (exact) mass is 1140 g/mol. The third kappa shape index (κ3) is 10.8. The second-order valence-corrected chi connectivity index (χ2v) is 27.2. The minimum atomic E-state index is -1.61. The normalized spacial score (nSPS) is 37.8. The summed E-state index contributed by atoms with van der Waals surface area (Å²) in [7, 11) is 0. The van der Waals surface area contributed by atoms with Crippen molar-refractivity contribution < 1.29 is 67.3 Å². The minimum Gasteiger partial charge on any atom is -0.460 e. The summed E-state index contributed by atoms with van der Waals surface area (Å²) in [5, 5.41) is 23.3. The van der Waals surface area contributed by atoms with E-state index in [-0.39, 0.29) is 75.5 Å². The Bertz CT molecular complexity index is 3000. The first-order valence-electron chi connectivity index (χ1n) is 30.2. The van der Waals surface area contributed by atoms with Gasteiger partial charge in [-0.3, -0.25) is 4.79 Å². The van der Waals surface area contributed by atoms with E-state index in [9.17, 15) is 29.4 Å². The lowest BCUT2D eigenvalue weighted by atomic mass is 9.33. The Kier molecular flexibility index (Phi) is 16.3. The summed E-state index contributed by atoms with van der Waals surface area (Å²) < 4.78 is 51.7. The Balaban J connectivity index is 0.859. The van der Waals surface area contributed by atoms with Crippen molar-refractivity contribution in [3.05, 3.63) is 155 Å². The maximum absolute atomic E-state index is 14.7. The molecule has 2 saturated heterocycles. The van der Waals surface area contributed by atoms with Crippen LogP contribution < -0.4 is 0 Å². The van der Waals surface area contributed by atoms with Gasteiger partial charge in [0.05, 0.1) is 40.9 Å². The number of fused-ring (bicyclic) bond motifs is 7. The number of ether oxygens (including phenoxy) is 8. The van der Waals surface area contributed by atoms with Crippen molar-refractivity contribution in [1.82, 2.24) is 0 Å². The third-order valence-electron chi connectivity index (χ3n) is 21.7. The predicted octanol–water partition coefficient (Wildman–Crippen LogP) is 11.8. The van der Waals surface area contributed by atoms with Gasteiger partial charge in [0.15, 0.2) is 30.9 Å². The lowest BCUT2D eigenvalue weighted by Gasteiger charge is -2.71. The van der Waals surface area contributed by atoms with Gasteiger partial charge in [0.2, 0.25) is 0 Å². The highest BCUT2D eigenvalue weighted by atomic mass is 16.8. The summed E-state index contributed by atoms with van der Waals surface area (Å²) in [5.41, 5.74) is 1.97. The van der Waals surface area contributed by atoms with E-state index in [1.54, 1.807) is 97.9 Å². The van der Waals surface area contributed by atoms with Crippen LogP contribution in [0.3, 0.4) is 0 Å². The molecule has 7 aliphatic rings. The van der Waals surface area contributed by atoms with Crippen LogP contribution in [0.4, 0.5) is 0 Å². The maximum Gasteiger partial charge on any atom is 0.338 e. The molecule has 5 aliphatic carbocycles. The highest BCUT2D eigenvalue weighted by Crippen LogP contribution is 2.76. The molecule has 11 rings (SSSR count). The van der Waals surface area contributed by atoms with Crippen molar-refractivity contribution in [2.45, 2.75) is 188 Å². The number of aliphatic hydroxyl groups is 2. The average Bonchev–Trinajstić information content (AvgIpc) is 3.66. The fourth-order valence-electron chi connectivity index (χ4n) is 16.8. The lowest BCUT2D eigenvalue weighted by molar-refractivity contribution is -0.363. The van der Waals surface area contributed by atoms with E-state index < -0.39 is 84.0 Å². The summed E-state index contributed by atoms with van der Waals surface area (Å²) >= 11 is 0. The van der Waals surface area contributed by atoms with Gasteiger partial charge in [0.25, 0.3) is 0 Å². The molecule has 2 heterocycles. The molecule has 0 spiro atoms. The number of hydrogen-bond acceptors (Lipinski definition) is 14. The van der Waals surface area contributed by atoms with Crippen LogP contribution in [0.1, 0.15) is 156 Å². The number of carbonyl (C=O) groups excluding carboxylic acids is 4. The van der Waals surface area contributed by atoms with Gasteiger partial charge < -0.3 is 48.1 Å². The fourth-order valence-corrected chi connectivity index (χ4v) is 16.8. The fraction of sp³-hybridized carbons (Fsp3) is 0.565. The van der Waals surface area contributed by atoms with Gasteiger partial charge >= 0.3 is 23.9 Å². The van der Waals surface area contributed by atoms with Crippen LogP contribution >= 0.6 is 0 Å². The van der Waals surface area contributed by atoms with Crippen molar-refractivity contribution in [2.24, 2.45) is 50.2 Å². The maximum atomic E-state index is 14.7. The molecule has 12 unspecified atom stereocenters. The zero-order valence-corrected chi connectivity index (χ0v) is 49.4. The van der Waals surface area contributed by atoms with Crippen LogP contribution in [0, 0.1) is 50.2 Å². The molecule has 17 atom stereocenters. The van der Waals surface area contributed by atoms with E-state index in [1.165, 1.54) is 5.57 Å². The first kappa shape index (κ1) is 59.0. The molecule has 4 aromatic rings. The number of esters is 4. The first-order chi connectivity index (χ1) is 39.6. The van der Waals surface area contributed by atoms with E-state index in [4.69, 9.17) is 37.9 Å².